The van der Waals surface area contributed by atoms with Crippen LogP contribution in [0, 0.1) is 0 Å². The summed E-state index contributed by atoms with van der Waals surface area (Å²) in [5, 5.41) is 10.1. The highest BCUT2D eigenvalue weighted by Crippen LogP contribution is 2.31. The van der Waals surface area contributed by atoms with E-state index in [1.165, 1.54) is 0 Å². The van der Waals surface area contributed by atoms with E-state index in [0.29, 0.717) is 0 Å². The topological polar surface area (TPSA) is 36.4 Å². The molecule has 0 saturated carbocycles. The Hall–Kier alpha value is -0.610. The standard InChI is InChI=1S/C9H16N2OS/c1-9(2,6-12)7-5-10-8(13-7)11(3)4/h5,12H,6H2,1-4H3. The summed E-state index contributed by atoms with van der Waals surface area (Å²) in [4.78, 5) is 7.36. The average Bonchev–Trinajstić information content (AvgIpc) is 2.52. The second-order valence-corrected chi connectivity index (χ2v) is 4.95. The summed E-state index contributed by atoms with van der Waals surface area (Å²) in [5.74, 6) is 0. The van der Waals surface area contributed by atoms with Gasteiger partial charge in [0.2, 0.25) is 0 Å². The Morgan fingerprint density at radius 1 is 1.54 bits per heavy atom. The fraction of sp³-hybridized carbons (Fsp3) is 0.667. The molecule has 1 rings (SSSR count). The van der Waals surface area contributed by atoms with Gasteiger partial charge >= 0.3 is 0 Å². The Labute approximate surface area is 83.0 Å². The number of anilines is 1. The molecule has 1 heterocycles. The predicted octanol–water partition coefficient (Wildman–Crippen LogP) is 1.48. The summed E-state index contributed by atoms with van der Waals surface area (Å²) < 4.78 is 0. The highest BCUT2D eigenvalue weighted by atomic mass is 32.1. The van der Waals surface area contributed by atoms with E-state index in [9.17, 15) is 0 Å². The summed E-state index contributed by atoms with van der Waals surface area (Å²) >= 11 is 1.63. The van der Waals surface area contributed by atoms with Crippen LogP contribution >= 0.6 is 11.3 Å². The molecule has 0 aliphatic heterocycles. The van der Waals surface area contributed by atoms with Crippen molar-refractivity contribution in [2.75, 3.05) is 25.6 Å². The molecule has 0 radical (unpaired) electrons. The van der Waals surface area contributed by atoms with Crippen LogP contribution in [0.3, 0.4) is 0 Å². The maximum absolute atomic E-state index is 9.16. The molecule has 3 nitrogen and oxygen atoms in total. The van der Waals surface area contributed by atoms with Gasteiger partial charge < -0.3 is 10.0 Å². The van der Waals surface area contributed by atoms with E-state index in [1.807, 2.05) is 39.0 Å². The molecule has 0 fully saturated rings. The molecule has 0 bridgehead atoms. The lowest BCUT2D eigenvalue weighted by Crippen LogP contribution is -2.20. The van der Waals surface area contributed by atoms with Gasteiger partial charge in [0.05, 0.1) is 6.61 Å². The summed E-state index contributed by atoms with van der Waals surface area (Å²) in [6.45, 7) is 4.18. The molecule has 0 amide bonds. The van der Waals surface area contributed by atoms with Crippen molar-refractivity contribution in [3.63, 3.8) is 0 Å². The van der Waals surface area contributed by atoms with Crippen molar-refractivity contribution in [1.82, 2.24) is 4.98 Å². The van der Waals surface area contributed by atoms with Crippen molar-refractivity contribution in [1.29, 1.82) is 0 Å². The van der Waals surface area contributed by atoms with Crippen LogP contribution < -0.4 is 4.90 Å². The molecule has 0 aliphatic rings. The zero-order valence-corrected chi connectivity index (χ0v) is 9.35. The Kier molecular flexibility index (Phi) is 2.93. The number of nitrogens with zero attached hydrogens (tertiary/aromatic N) is 2. The number of aromatic nitrogens is 1. The molecule has 4 heteroatoms. The molecular weight excluding hydrogens is 184 g/mol. The molecule has 1 aromatic heterocycles. The Morgan fingerprint density at radius 2 is 2.15 bits per heavy atom. The zero-order chi connectivity index (χ0) is 10.1. The van der Waals surface area contributed by atoms with Crippen molar-refractivity contribution in [2.24, 2.45) is 0 Å². The lowest BCUT2D eigenvalue weighted by molar-refractivity contribution is 0.221. The highest BCUT2D eigenvalue weighted by Gasteiger charge is 2.22. The Morgan fingerprint density at radius 3 is 2.54 bits per heavy atom. The van der Waals surface area contributed by atoms with Crippen LogP contribution in [-0.4, -0.2) is 30.8 Å². The van der Waals surface area contributed by atoms with Crippen molar-refractivity contribution in [3.8, 4) is 0 Å². The molecule has 0 aromatic carbocycles. The van der Waals surface area contributed by atoms with Gasteiger partial charge in [-0.05, 0) is 0 Å². The van der Waals surface area contributed by atoms with E-state index in [0.717, 1.165) is 10.0 Å². The SMILES string of the molecule is CN(C)c1ncc(C(C)(C)CO)s1. The normalized spacial score (nSPS) is 11.8. The van der Waals surface area contributed by atoms with Crippen LogP contribution in [0.15, 0.2) is 6.20 Å². The molecular formula is C9H16N2OS. The first-order valence-corrected chi connectivity index (χ1v) is 5.03. The van der Waals surface area contributed by atoms with Gasteiger partial charge in [-0.1, -0.05) is 13.8 Å². The average molecular weight is 200 g/mol. The summed E-state index contributed by atoms with van der Waals surface area (Å²) in [6.07, 6.45) is 1.84. The lowest BCUT2D eigenvalue weighted by atomic mass is 9.94. The van der Waals surface area contributed by atoms with Gasteiger partial charge in [0, 0.05) is 30.6 Å². The number of hydrogen-bond donors (Lipinski definition) is 1. The molecule has 1 aromatic rings. The van der Waals surface area contributed by atoms with E-state index >= 15 is 0 Å². The molecule has 1 N–H and O–H groups in total. The molecule has 0 atom stereocenters. The fourth-order valence-corrected chi connectivity index (χ4v) is 1.79. The van der Waals surface area contributed by atoms with Crippen LogP contribution in [0.1, 0.15) is 18.7 Å². The Bertz CT molecular complexity index is 281. The van der Waals surface area contributed by atoms with Crippen LogP contribution in [0.25, 0.3) is 0 Å². The molecule has 13 heavy (non-hydrogen) atoms. The van der Waals surface area contributed by atoms with E-state index in [-0.39, 0.29) is 12.0 Å². The summed E-state index contributed by atoms with van der Waals surface area (Å²) in [6, 6.07) is 0. The van der Waals surface area contributed by atoms with Gasteiger partial charge in [-0.2, -0.15) is 0 Å². The fourth-order valence-electron chi connectivity index (χ4n) is 0.862. The van der Waals surface area contributed by atoms with Crippen molar-refractivity contribution in [3.05, 3.63) is 11.1 Å². The van der Waals surface area contributed by atoms with E-state index < -0.39 is 0 Å². The third-order valence-electron chi connectivity index (χ3n) is 1.94. The first-order chi connectivity index (χ1) is 5.97. The third kappa shape index (κ3) is 2.19. The molecule has 0 saturated heterocycles. The minimum Gasteiger partial charge on any atom is -0.395 e. The Balaban J connectivity index is 2.91. The summed E-state index contributed by atoms with van der Waals surface area (Å²) in [7, 11) is 3.93. The van der Waals surface area contributed by atoms with Gasteiger partial charge in [0.1, 0.15) is 0 Å². The first kappa shape index (κ1) is 10.5. The van der Waals surface area contributed by atoms with Gasteiger partial charge in [0.25, 0.3) is 0 Å². The van der Waals surface area contributed by atoms with E-state index in [1.54, 1.807) is 11.3 Å². The van der Waals surface area contributed by atoms with Crippen LogP contribution in [-0.2, 0) is 5.41 Å². The van der Waals surface area contributed by atoms with E-state index in [2.05, 4.69) is 4.98 Å². The predicted molar refractivity (Wildman–Crippen MR) is 56.6 cm³/mol. The minimum absolute atomic E-state index is 0.155. The molecule has 0 unspecified atom stereocenters. The second kappa shape index (κ2) is 3.64. The minimum atomic E-state index is -0.175. The first-order valence-electron chi connectivity index (χ1n) is 4.22. The largest absolute Gasteiger partial charge is 0.395 e. The summed E-state index contributed by atoms with van der Waals surface area (Å²) in [5.41, 5.74) is -0.175. The zero-order valence-electron chi connectivity index (χ0n) is 8.53. The van der Waals surface area contributed by atoms with Crippen molar-refractivity contribution in [2.45, 2.75) is 19.3 Å². The number of aliphatic hydroxyl groups is 1. The number of thiazole rings is 1. The van der Waals surface area contributed by atoms with Gasteiger partial charge in [0.15, 0.2) is 5.13 Å². The maximum Gasteiger partial charge on any atom is 0.184 e. The number of aliphatic hydroxyl groups excluding tert-OH is 1. The van der Waals surface area contributed by atoms with Gasteiger partial charge in [-0.25, -0.2) is 4.98 Å². The molecule has 0 aliphatic carbocycles. The van der Waals surface area contributed by atoms with Gasteiger partial charge in [-0.15, -0.1) is 11.3 Å². The quantitative estimate of drug-likeness (QED) is 0.803. The molecule has 0 spiro atoms. The number of rotatable bonds is 3. The van der Waals surface area contributed by atoms with Crippen LogP contribution in [0.2, 0.25) is 0 Å². The van der Waals surface area contributed by atoms with Gasteiger partial charge in [-0.3, -0.25) is 0 Å². The number of hydrogen-bond acceptors (Lipinski definition) is 4. The maximum atomic E-state index is 9.16. The molecule has 74 valence electrons. The van der Waals surface area contributed by atoms with Crippen molar-refractivity contribution < 1.29 is 5.11 Å². The van der Waals surface area contributed by atoms with Crippen molar-refractivity contribution >= 4 is 16.5 Å². The van der Waals surface area contributed by atoms with Crippen LogP contribution in [0.5, 0.6) is 0 Å². The van der Waals surface area contributed by atoms with E-state index in [4.69, 9.17) is 5.11 Å². The highest BCUT2D eigenvalue weighted by molar-refractivity contribution is 7.15. The lowest BCUT2D eigenvalue weighted by Gasteiger charge is -2.18. The smallest absolute Gasteiger partial charge is 0.184 e. The second-order valence-electron chi connectivity index (χ2n) is 3.94. The van der Waals surface area contributed by atoms with Crippen LogP contribution in [0.4, 0.5) is 5.13 Å². The monoisotopic (exact) mass is 200 g/mol. The third-order valence-corrected chi connectivity index (χ3v) is 3.47.